The van der Waals surface area contributed by atoms with Crippen molar-refractivity contribution in [2.45, 2.75) is 19.3 Å². The fourth-order valence-corrected chi connectivity index (χ4v) is 0.829. The lowest BCUT2D eigenvalue weighted by molar-refractivity contribution is 0.610. The molecule has 0 spiro atoms. The van der Waals surface area contributed by atoms with Gasteiger partial charge in [0.05, 0.1) is 0 Å². The Morgan fingerprint density at radius 1 is 1.25 bits per heavy atom. The highest BCUT2D eigenvalue weighted by molar-refractivity contribution is 4.51. The van der Waals surface area contributed by atoms with Crippen LogP contribution in [0.1, 0.15) is 19.3 Å². The molecule has 0 aromatic rings. The molecule has 0 aliphatic rings. The van der Waals surface area contributed by atoms with E-state index in [0.29, 0.717) is 6.54 Å². The molecule has 5 heteroatoms. The van der Waals surface area contributed by atoms with Crippen LogP contribution in [0.25, 0.3) is 10.4 Å². The zero-order chi connectivity index (χ0) is 9.07. The lowest BCUT2D eigenvalue weighted by Gasteiger charge is -2.01. The molecular weight excluding hydrogens is 154 g/mol. The van der Waals surface area contributed by atoms with Crippen LogP contribution in [0.2, 0.25) is 0 Å². The highest BCUT2D eigenvalue weighted by Gasteiger charge is 1.87. The Kier molecular flexibility index (Phi) is 9.57. The highest BCUT2D eigenvalue weighted by Crippen LogP contribution is 1.87. The second kappa shape index (κ2) is 10.2. The number of hydrogen-bond donors (Lipinski definition) is 2. The van der Waals surface area contributed by atoms with Gasteiger partial charge >= 0.3 is 0 Å². The van der Waals surface area contributed by atoms with Crippen LogP contribution < -0.4 is 11.1 Å². The molecule has 0 aromatic carbocycles. The van der Waals surface area contributed by atoms with E-state index in [0.717, 1.165) is 38.9 Å². The Labute approximate surface area is 73.0 Å². The Morgan fingerprint density at radius 3 is 2.67 bits per heavy atom. The standard InChI is InChI=1S/C7H17N5/c8-4-3-6-10-5-1-2-7-11-12-9/h10H,1-8H2. The monoisotopic (exact) mass is 171 g/mol. The summed E-state index contributed by atoms with van der Waals surface area (Å²) in [7, 11) is 0. The molecule has 0 unspecified atom stereocenters. The van der Waals surface area contributed by atoms with Crippen molar-refractivity contribution in [3.8, 4) is 0 Å². The average Bonchev–Trinajstić information content (AvgIpc) is 2.10. The van der Waals surface area contributed by atoms with E-state index in [9.17, 15) is 0 Å². The maximum Gasteiger partial charge on any atom is 0.0258 e. The normalized spacial score (nSPS) is 9.42. The van der Waals surface area contributed by atoms with Gasteiger partial charge in [0, 0.05) is 11.5 Å². The molecule has 0 saturated heterocycles. The van der Waals surface area contributed by atoms with Crippen molar-refractivity contribution in [3.05, 3.63) is 10.4 Å². The number of nitrogens with zero attached hydrogens (tertiary/aromatic N) is 3. The topological polar surface area (TPSA) is 86.8 Å². The van der Waals surface area contributed by atoms with Crippen molar-refractivity contribution in [1.29, 1.82) is 0 Å². The molecule has 0 aliphatic carbocycles. The van der Waals surface area contributed by atoms with Crippen LogP contribution in [0, 0.1) is 0 Å². The molecule has 3 N–H and O–H groups in total. The number of unbranched alkanes of at least 4 members (excludes halogenated alkanes) is 1. The molecule has 0 bridgehead atoms. The summed E-state index contributed by atoms with van der Waals surface area (Å²) in [5.74, 6) is 0. The molecule has 12 heavy (non-hydrogen) atoms. The fraction of sp³-hybridized carbons (Fsp3) is 1.00. The summed E-state index contributed by atoms with van der Waals surface area (Å²) in [5.41, 5.74) is 13.3. The molecule has 0 aromatic heterocycles. The van der Waals surface area contributed by atoms with E-state index in [2.05, 4.69) is 15.3 Å². The van der Waals surface area contributed by atoms with E-state index in [4.69, 9.17) is 11.3 Å². The summed E-state index contributed by atoms with van der Waals surface area (Å²) < 4.78 is 0. The van der Waals surface area contributed by atoms with Crippen LogP contribution in [-0.4, -0.2) is 26.2 Å². The van der Waals surface area contributed by atoms with Gasteiger partial charge in [-0.25, -0.2) is 0 Å². The second-order valence-electron chi connectivity index (χ2n) is 2.55. The highest BCUT2D eigenvalue weighted by atomic mass is 15.1. The van der Waals surface area contributed by atoms with Gasteiger partial charge in [-0.1, -0.05) is 5.11 Å². The van der Waals surface area contributed by atoms with Gasteiger partial charge in [0.1, 0.15) is 0 Å². The summed E-state index contributed by atoms with van der Waals surface area (Å²) in [6.45, 7) is 3.32. The number of nitrogens with one attached hydrogen (secondary N) is 1. The molecule has 0 radical (unpaired) electrons. The zero-order valence-electron chi connectivity index (χ0n) is 7.37. The molecule has 0 fully saturated rings. The number of rotatable bonds is 8. The van der Waals surface area contributed by atoms with Crippen LogP contribution in [0.3, 0.4) is 0 Å². The van der Waals surface area contributed by atoms with Gasteiger partial charge in [0.15, 0.2) is 0 Å². The molecule has 0 saturated carbocycles. The minimum Gasteiger partial charge on any atom is -0.330 e. The van der Waals surface area contributed by atoms with Crippen molar-refractivity contribution in [1.82, 2.24) is 5.32 Å². The first-order valence-electron chi connectivity index (χ1n) is 4.33. The third kappa shape index (κ3) is 9.23. The minimum absolute atomic E-state index is 0.606. The molecular formula is C7H17N5. The summed E-state index contributed by atoms with van der Waals surface area (Å²) in [6, 6.07) is 0. The van der Waals surface area contributed by atoms with E-state index in [1.54, 1.807) is 0 Å². The van der Waals surface area contributed by atoms with E-state index >= 15 is 0 Å². The molecule has 70 valence electrons. The SMILES string of the molecule is [N-]=[N+]=NCCCCNCCCN. The van der Waals surface area contributed by atoms with Crippen molar-refractivity contribution < 1.29 is 0 Å². The van der Waals surface area contributed by atoms with E-state index < -0.39 is 0 Å². The van der Waals surface area contributed by atoms with Crippen LogP contribution in [0.4, 0.5) is 0 Å². The lowest BCUT2D eigenvalue weighted by Crippen LogP contribution is -2.19. The smallest absolute Gasteiger partial charge is 0.0258 e. The molecule has 0 amide bonds. The van der Waals surface area contributed by atoms with Crippen molar-refractivity contribution in [2.75, 3.05) is 26.2 Å². The Balaban J connectivity index is 2.86. The molecule has 0 aliphatic heterocycles. The Bertz CT molecular complexity index is 130. The number of nitrogens with two attached hydrogens (primary N) is 1. The minimum atomic E-state index is 0.606. The van der Waals surface area contributed by atoms with Gasteiger partial charge in [0.2, 0.25) is 0 Å². The largest absolute Gasteiger partial charge is 0.330 e. The van der Waals surface area contributed by atoms with E-state index in [1.807, 2.05) is 0 Å². The maximum atomic E-state index is 7.97. The molecule has 0 heterocycles. The van der Waals surface area contributed by atoms with Crippen molar-refractivity contribution >= 4 is 0 Å². The van der Waals surface area contributed by atoms with Crippen LogP contribution in [0.5, 0.6) is 0 Å². The second-order valence-corrected chi connectivity index (χ2v) is 2.55. The summed E-state index contributed by atoms with van der Waals surface area (Å²) >= 11 is 0. The van der Waals surface area contributed by atoms with Gasteiger partial charge in [-0.3, -0.25) is 0 Å². The number of azide groups is 1. The summed E-state index contributed by atoms with van der Waals surface area (Å²) in [6.07, 6.45) is 3.04. The molecule has 5 nitrogen and oxygen atoms in total. The quantitative estimate of drug-likeness (QED) is 0.247. The van der Waals surface area contributed by atoms with E-state index in [1.165, 1.54) is 0 Å². The Morgan fingerprint density at radius 2 is 2.00 bits per heavy atom. The predicted molar refractivity (Wildman–Crippen MR) is 49.8 cm³/mol. The predicted octanol–water partition coefficient (Wildman–Crippen LogP) is 1.02. The van der Waals surface area contributed by atoms with Crippen LogP contribution in [-0.2, 0) is 0 Å². The third-order valence-corrected chi connectivity index (χ3v) is 1.48. The first-order valence-corrected chi connectivity index (χ1v) is 4.33. The summed E-state index contributed by atoms with van der Waals surface area (Å²) in [4.78, 5) is 2.67. The van der Waals surface area contributed by atoms with Crippen LogP contribution >= 0.6 is 0 Å². The zero-order valence-corrected chi connectivity index (χ0v) is 7.37. The van der Waals surface area contributed by atoms with Gasteiger partial charge in [-0.05, 0) is 44.4 Å². The lowest BCUT2D eigenvalue weighted by atomic mass is 10.3. The maximum absolute atomic E-state index is 7.97. The molecule has 0 atom stereocenters. The van der Waals surface area contributed by atoms with Gasteiger partial charge < -0.3 is 11.1 Å². The first-order chi connectivity index (χ1) is 5.91. The average molecular weight is 171 g/mol. The van der Waals surface area contributed by atoms with Gasteiger partial charge in [-0.15, -0.1) is 0 Å². The first kappa shape index (κ1) is 11.2. The fourth-order valence-electron chi connectivity index (χ4n) is 0.829. The number of hydrogen-bond acceptors (Lipinski definition) is 3. The third-order valence-electron chi connectivity index (χ3n) is 1.48. The van der Waals surface area contributed by atoms with E-state index in [-0.39, 0.29) is 0 Å². The van der Waals surface area contributed by atoms with Crippen molar-refractivity contribution in [3.63, 3.8) is 0 Å². The summed E-state index contributed by atoms with van der Waals surface area (Å²) in [5, 5.41) is 6.69. The van der Waals surface area contributed by atoms with Crippen molar-refractivity contribution in [2.24, 2.45) is 10.8 Å². The van der Waals surface area contributed by atoms with Gasteiger partial charge in [-0.2, -0.15) is 0 Å². The van der Waals surface area contributed by atoms with Crippen LogP contribution in [0.15, 0.2) is 5.11 Å². The van der Waals surface area contributed by atoms with Gasteiger partial charge in [0.25, 0.3) is 0 Å². The Hall–Kier alpha value is -0.770. The molecule has 0 rings (SSSR count).